The number of anilines is 1. The Labute approximate surface area is 146 Å². The van der Waals surface area contributed by atoms with E-state index in [1.807, 2.05) is 75.4 Å². The van der Waals surface area contributed by atoms with E-state index < -0.39 is 16.2 Å². The van der Waals surface area contributed by atoms with Crippen LogP contribution in [-0.4, -0.2) is 10.1 Å². The van der Waals surface area contributed by atoms with E-state index in [-0.39, 0.29) is 5.91 Å². The van der Waals surface area contributed by atoms with Gasteiger partial charge in [-0.2, -0.15) is 0 Å². The van der Waals surface area contributed by atoms with Crippen molar-refractivity contribution < 1.29 is 9.00 Å². The van der Waals surface area contributed by atoms with Crippen LogP contribution in [0.2, 0.25) is 0 Å². The molecule has 0 radical (unpaired) electrons. The van der Waals surface area contributed by atoms with E-state index in [9.17, 15) is 9.00 Å². The van der Waals surface area contributed by atoms with Crippen LogP contribution < -0.4 is 5.32 Å². The summed E-state index contributed by atoms with van der Waals surface area (Å²) in [6.07, 6.45) is 0.777. The van der Waals surface area contributed by atoms with Gasteiger partial charge < -0.3 is 5.32 Å². The van der Waals surface area contributed by atoms with Gasteiger partial charge in [-0.1, -0.05) is 63.2 Å². The number of hydrogen-bond donors (Lipinski definition) is 1. The van der Waals surface area contributed by atoms with Gasteiger partial charge in [-0.15, -0.1) is 0 Å². The van der Waals surface area contributed by atoms with Crippen molar-refractivity contribution in [1.82, 2.24) is 0 Å². The predicted molar refractivity (Wildman–Crippen MR) is 101 cm³/mol. The first kappa shape index (κ1) is 18.4. The van der Waals surface area contributed by atoms with Crippen LogP contribution in [-0.2, 0) is 27.1 Å². The molecule has 0 saturated carbocycles. The Morgan fingerprint density at radius 3 is 2.29 bits per heavy atom. The van der Waals surface area contributed by atoms with Crippen LogP contribution in [0.15, 0.2) is 54.6 Å². The molecule has 1 N–H and O–H groups in total. The summed E-state index contributed by atoms with van der Waals surface area (Å²) in [5, 5.41) is 2.96. The van der Waals surface area contributed by atoms with Gasteiger partial charge in [-0.05, 0) is 29.7 Å². The number of amides is 1. The molecule has 0 aliphatic rings. The van der Waals surface area contributed by atoms with Gasteiger partial charge >= 0.3 is 0 Å². The van der Waals surface area contributed by atoms with Crippen molar-refractivity contribution in [2.75, 3.05) is 5.32 Å². The van der Waals surface area contributed by atoms with Crippen molar-refractivity contribution in [3.8, 4) is 0 Å². The molecule has 1 amide bonds. The highest BCUT2D eigenvalue weighted by molar-refractivity contribution is 7.83. The van der Waals surface area contributed by atoms with Gasteiger partial charge in [0.15, 0.2) is 0 Å². The molecule has 3 nitrogen and oxygen atoms in total. The Bertz CT molecular complexity index is 711. The summed E-state index contributed by atoms with van der Waals surface area (Å²) in [5.74, 6) is 1.03. The topological polar surface area (TPSA) is 46.2 Å². The van der Waals surface area contributed by atoms with Crippen molar-refractivity contribution in [3.05, 3.63) is 65.7 Å². The highest BCUT2D eigenvalue weighted by Crippen LogP contribution is 2.23. The number of rotatable bonds is 7. The fourth-order valence-electron chi connectivity index (χ4n) is 2.20. The van der Waals surface area contributed by atoms with E-state index in [1.165, 1.54) is 0 Å². The second-order valence-electron chi connectivity index (χ2n) is 6.61. The van der Waals surface area contributed by atoms with Gasteiger partial charge in [0.25, 0.3) is 0 Å². The summed E-state index contributed by atoms with van der Waals surface area (Å²) in [6.45, 7) is 5.87. The zero-order valence-corrected chi connectivity index (χ0v) is 15.4. The number of benzene rings is 2. The molecule has 2 rings (SSSR count). The van der Waals surface area contributed by atoms with Gasteiger partial charge in [-0.25, -0.2) is 0 Å². The first-order valence-corrected chi connectivity index (χ1v) is 9.69. The lowest BCUT2D eigenvalue weighted by atomic mass is 9.89. The lowest BCUT2D eigenvalue weighted by Gasteiger charge is -2.21. The van der Waals surface area contributed by atoms with Crippen LogP contribution in [0.5, 0.6) is 0 Å². The Hall–Kier alpha value is -1.94. The van der Waals surface area contributed by atoms with E-state index in [0.717, 1.165) is 23.2 Å². The molecule has 0 aliphatic carbocycles. The van der Waals surface area contributed by atoms with E-state index in [2.05, 4.69) is 5.32 Å². The zero-order valence-electron chi connectivity index (χ0n) is 14.5. The van der Waals surface area contributed by atoms with Crippen LogP contribution in [0.3, 0.4) is 0 Å². The van der Waals surface area contributed by atoms with Crippen LogP contribution in [0.1, 0.15) is 38.3 Å². The lowest BCUT2D eigenvalue weighted by molar-refractivity contribution is -0.124. The Balaban J connectivity index is 2.00. The monoisotopic (exact) mass is 343 g/mol. The minimum absolute atomic E-state index is 0.00700. The normalized spacial score (nSPS) is 12.6. The number of carbonyl (C=O) groups is 1. The zero-order chi connectivity index (χ0) is 17.6. The average molecular weight is 343 g/mol. The predicted octanol–water partition coefficient (Wildman–Crippen LogP) is 4.51. The van der Waals surface area contributed by atoms with E-state index >= 15 is 0 Å². The molecule has 2 aromatic rings. The first-order chi connectivity index (χ1) is 11.4. The molecule has 0 aliphatic heterocycles. The highest BCUT2D eigenvalue weighted by atomic mass is 32.2. The molecule has 0 saturated heterocycles. The van der Waals surface area contributed by atoms with Crippen molar-refractivity contribution in [2.45, 2.75) is 38.7 Å². The lowest BCUT2D eigenvalue weighted by Crippen LogP contribution is -2.30. The molecule has 0 spiro atoms. The van der Waals surface area contributed by atoms with Gasteiger partial charge in [0.1, 0.15) is 0 Å². The smallest absolute Gasteiger partial charge is 0.230 e. The summed E-state index contributed by atoms with van der Waals surface area (Å²) in [4.78, 5) is 12.3. The summed E-state index contributed by atoms with van der Waals surface area (Å²) >= 11 is 0. The van der Waals surface area contributed by atoms with Gasteiger partial charge in [0.05, 0.1) is 0 Å². The first-order valence-electron chi connectivity index (χ1n) is 8.20. The minimum Gasteiger partial charge on any atom is -0.326 e. The summed E-state index contributed by atoms with van der Waals surface area (Å²) in [7, 11) is -0.974. The molecule has 1 atom stereocenters. The molecule has 0 aromatic heterocycles. The highest BCUT2D eigenvalue weighted by Gasteiger charge is 2.25. The summed E-state index contributed by atoms with van der Waals surface area (Å²) in [6, 6.07) is 17.5. The van der Waals surface area contributed by atoms with Crippen molar-refractivity contribution in [3.63, 3.8) is 0 Å². The molecule has 0 heterocycles. The summed E-state index contributed by atoms with van der Waals surface area (Å²) < 4.78 is 12.3. The SMILES string of the molecule is CCC(C)(C)C(=O)Nc1cccc(C[S@@](=O)Cc2ccccc2)c1. The molecule has 24 heavy (non-hydrogen) atoms. The molecule has 128 valence electrons. The van der Waals surface area contributed by atoms with Crippen LogP contribution in [0.4, 0.5) is 5.69 Å². The molecular weight excluding hydrogens is 318 g/mol. The summed E-state index contributed by atoms with van der Waals surface area (Å²) in [5.41, 5.74) is 2.41. The largest absolute Gasteiger partial charge is 0.326 e. The number of carbonyl (C=O) groups excluding carboxylic acids is 1. The third-order valence-electron chi connectivity index (χ3n) is 4.18. The maximum absolute atomic E-state index is 12.3. The van der Waals surface area contributed by atoms with E-state index in [0.29, 0.717) is 11.5 Å². The van der Waals surface area contributed by atoms with Gasteiger partial charge in [-0.3, -0.25) is 9.00 Å². The maximum atomic E-state index is 12.3. The van der Waals surface area contributed by atoms with Crippen molar-refractivity contribution >= 4 is 22.4 Å². The van der Waals surface area contributed by atoms with Gasteiger partial charge in [0, 0.05) is 33.4 Å². The fraction of sp³-hybridized carbons (Fsp3) is 0.350. The third-order valence-corrected chi connectivity index (χ3v) is 5.49. The Morgan fingerprint density at radius 1 is 1.00 bits per heavy atom. The average Bonchev–Trinajstić information content (AvgIpc) is 2.56. The third kappa shape index (κ3) is 5.31. The van der Waals surface area contributed by atoms with Crippen LogP contribution in [0, 0.1) is 5.41 Å². The number of nitrogens with one attached hydrogen (secondary N) is 1. The number of hydrogen-bond acceptors (Lipinski definition) is 2. The molecule has 0 fully saturated rings. The second kappa shape index (κ2) is 8.25. The molecule has 0 unspecified atom stereocenters. The van der Waals surface area contributed by atoms with Crippen LogP contribution >= 0.6 is 0 Å². The fourth-order valence-corrected chi connectivity index (χ4v) is 3.41. The van der Waals surface area contributed by atoms with Gasteiger partial charge in [0.2, 0.25) is 5.91 Å². The quantitative estimate of drug-likeness (QED) is 0.804. The molecule has 2 aromatic carbocycles. The standard InChI is InChI=1S/C20H25NO2S/c1-4-20(2,3)19(22)21-18-12-8-11-17(13-18)15-24(23)14-16-9-6-5-7-10-16/h5-13H,4,14-15H2,1-3H3,(H,21,22)/t24-/m0/s1. The Morgan fingerprint density at radius 2 is 1.62 bits per heavy atom. The Kier molecular flexibility index (Phi) is 6.32. The van der Waals surface area contributed by atoms with Crippen LogP contribution in [0.25, 0.3) is 0 Å². The second-order valence-corrected chi connectivity index (χ2v) is 8.06. The van der Waals surface area contributed by atoms with E-state index in [4.69, 9.17) is 0 Å². The molecular formula is C20H25NO2S. The molecule has 0 bridgehead atoms. The van der Waals surface area contributed by atoms with Crippen molar-refractivity contribution in [2.24, 2.45) is 5.41 Å². The van der Waals surface area contributed by atoms with Crippen molar-refractivity contribution in [1.29, 1.82) is 0 Å². The van der Waals surface area contributed by atoms with E-state index in [1.54, 1.807) is 0 Å². The molecule has 4 heteroatoms. The minimum atomic E-state index is -0.974. The maximum Gasteiger partial charge on any atom is 0.230 e.